The van der Waals surface area contributed by atoms with Crippen molar-refractivity contribution in [3.8, 4) is 11.5 Å². The third-order valence-electron chi connectivity index (χ3n) is 5.54. The Balaban J connectivity index is 1.86. The van der Waals surface area contributed by atoms with Gasteiger partial charge in [0.25, 0.3) is 5.91 Å². The van der Waals surface area contributed by atoms with E-state index < -0.39 is 0 Å². The quantitative estimate of drug-likeness (QED) is 0.692. The number of ether oxygens (including phenoxy) is 2. The first-order valence-electron chi connectivity index (χ1n) is 10.3. The maximum Gasteiger partial charge on any atom is 0.263 e. The van der Waals surface area contributed by atoms with Crippen LogP contribution in [0.5, 0.6) is 11.5 Å². The zero-order valence-corrected chi connectivity index (χ0v) is 18.8. The van der Waals surface area contributed by atoms with Crippen LogP contribution in [0.1, 0.15) is 41.4 Å². The summed E-state index contributed by atoms with van der Waals surface area (Å²) in [6, 6.07) is 9.33. The molecule has 2 aromatic rings. The van der Waals surface area contributed by atoms with Crippen molar-refractivity contribution in [2.24, 2.45) is 11.8 Å². The summed E-state index contributed by atoms with van der Waals surface area (Å²) in [7, 11) is 3.22. The van der Waals surface area contributed by atoms with Gasteiger partial charge in [-0.25, -0.2) is 0 Å². The smallest absolute Gasteiger partial charge is 0.263 e. The number of benzene rings is 1. The predicted molar refractivity (Wildman–Crippen MR) is 118 cm³/mol. The molecule has 2 unspecified atom stereocenters. The van der Waals surface area contributed by atoms with E-state index in [9.17, 15) is 9.59 Å². The molecule has 7 heteroatoms. The van der Waals surface area contributed by atoms with Gasteiger partial charge in [0.1, 0.15) is 11.5 Å². The SMILES string of the molecule is COc1ccc(C2CN(C(=O)c3cccs3)CC2C(=O)NCCC(C)C)c(OC)c1. The van der Waals surface area contributed by atoms with E-state index in [1.165, 1.54) is 11.3 Å². The van der Waals surface area contributed by atoms with Crippen LogP contribution in [-0.2, 0) is 4.79 Å². The van der Waals surface area contributed by atoms with E-state index in [0.29, 0.717) is 41.9 Å². The first kappa shape index (κ1) is 22.2. The van der Waals surface area contributed by atoms with Crippen LogP contribution in [0.15, 0.2) is 35.7 Å². The minimum absolute atomic E-state index is 0.0139. The third kappa shape index (κ3) is 4.95. The molecule has 0 saturated carbocycles. The zero-order valence-electron chi connectivity index (χ0n) is 18.0. The van der Waals surface area contributed by atoms with E-state index in [1.807, 2.05) is 35.7 Å². The van der Waals surface area contributed by atoms with Crippen LogP contribution >= 0.6 is 11.3 Å². The molecule has 0 bridgehead atoms. The minimum Gasteiger partial charge on any atom is -0.497 e. The number of hydrogen-bond donors (Lipinski definition) is 1. The van der Waals surface area contributed by atoms with Gasteiger partial charge < -0.3 is 19.7 Å². The van der Waals surface area contributed by atoms with Crippen molar-refractivity contribution in [3.63, 3.8) is 0 Å². The van der Waals surface area contributed by atoms with Gasteiger partial charge in [0, 0.05) is 37.2 Å². The van der Waals surface area contributed by atoms with Crippen LogP contribution in [0, 0.1) is 11.8 Å². The first-order valence-corrected chi connectivity index (χ1v) is 11.1. The Morgan fingerprint density at radius 1 is 1.20 bits per heavy atom. The summed E-state index contributed by atoms with van der Waals surface area (Å²) in [5, 5.41) is 4.96. The number of rotatable bonds is 8. The standard InChI is InChI=1S/C23H30N2O4S/c1-15(2)9-10-24-22(26)19-14-25(23(27)21-6-5-11-30-21)13-18(19)17-8-7-16(28-3)12-20(17)29-4/h5-8,11-12,15,18-19H,9-10,13-14H2,1-4H3,(H,24,26). The molecule has 0 aliphatic carbocycles. The molecule has 1 saturated heterocycles. The molecular weight excluding hydrogens is 400 g/mol. The summed E-state index contributed by atoms with van der Waals surface area (Å²) in [5.41, 5.74) is 0.920. The average molecular weight is 431 g/mol. The van der Waals surface area contributed by atoms with Crippen LogP contribution in [0.25, 0.3) is 0 Å². The van der Waals surface area contributed by atoms with Crippen LogP contribution in [0.4, 0.5) is 0 Å². The second-order valence-corrected chi connectivity index (χ2v) is 8.93. The Bertz CT molecular complexity index is 866. The monoisotopic (exact) mass is 430 g/mol. The molecule has 30 heavy (non-hydrogen) atoms. The van der Waals surface area contributed by atoms with E-state index in [4.69, 9.17) is 9.47 Å². The summed E-state index contributed by atoms with van der Waals surface area (Å²) in [5.74, 6) is 1.36. The van der Waals surface area contributed by atoms with Crippen molar-refractivity contribution in [1.29, 1.82) is 0 Å². The lowest BCUT2D eigenvalue weighted by molar-refractivity contribution is -0.124. The van der Waals surface area contributed by atoms with Crippen LogP contribution in [-0.4, -0.2) is 50.6 Å². The molecule has 1 aliphatic heterocycles. The molecule has 0 radical (unpaired) electrons. The number of methoxy groups -OCH3 is 2. The van der Waals surface area contributed by atoms with Gasteiger partial charge in [-0.05, 0) is 29.9 Å². The van der Waals surface area contributed by atoms with Crippen molar-refractivity contribution in [2.45, 2.75) is 26.2 Å². The molecule has 1 aliphatic rings. The van der Waals surface area contributed by atoms with Gasteiger partial charge in [-0.15, -0.1) is 11.3 Å². The fourth-order valence-corrected chi connectivity index (χ4v) is 4.54. The second kappa shape index (κ2) is 9.98. The van der Waals surface area contributed by atoms with E-state index in [-0.39, 0.29) is 23.7 Å². The molecule has 0 spiro atoms. The van der Waals surface area contributed by atoms with Gasteiger partial charge in [0.05, 0.1) is 25.0 Å². The lowest BCUT2D eigenvalue weighted by Gasteiger charge is -2.21. The molecule has 1 N–H and O–H groups in total. The molecule has 1 aromatic heterocycles. The Morgan fingerprint density at radius 2 is 2.00 bits per heavy atom. The molecule has 162 valence electrons. The summed E-state index contributed by atoms with van der Waals surface area (Å²) >= 11 is 1.42. The number of amides is 2. The van der Waals surface area contributed by atoms with Gasteiger partial charge in [0.2, 0.25) is 5.91 Å². The lowest BCUT2D eigenvalue weighted by Crippen LogP contribution is -2.36. The zero-order chi connectivity index (χ0) is 21.7. The molecule has 3 rings (SSSR count). The summed E-state index contributed by atoms with van der Waals surface area (Å²) < 4.78 is 10.9. The van der Waals surface area contributed by atoms with E-state index >= 15 is 0 Å². The third-order valence-corrected chi connectivity index (χ3v) is 6.39. The van der Waals surface area contributed by atoms with Crippen LogP contribution in [0.2, 0.25) is 0 Å². The molecule has 6 nitrogen and oxygen atoms in total. The summed E-state index contributed by atoms with van der Waals surface area (Å²) in [6.45, 7) is 5.77. The fraction of sp³-hybridized carbons (Fsp3) is 0.478. The molecule has 1 fully saturated rings. The fourth-order valence-electron chi connectivity index (χ4n) is 3.85. The Hall–Kier alpha value is -2.54. The van der Waals surface area contributed by atoms with Gasteiger partial charge in [-0.3, -0.25) is 9.59 Å². The van der Waals surface area contributed by atoms with Crippen LogP contribution < -0.4 is 14.8 Å². The van der Waals surface area contributed by atoms with Gasteiger partial charge in [0.15, 0.2) is 0 Å². The Labute approximate surface area is 182 Å². The number of thiophene rings is 1. The number of nitrogens with one attached hydrogen (secondary N) is 1. The normalized spacial score (nSPS) is 18.5. The number of likely N-dealkylation sites (tertiary alicyclic amines) is 1. The first-order chi connectivity index (χ1) is 14.4. The van der Waals surface area contributed by atoms with E-state index in [1.54, 1.807) is 19.1 Å². The number of hydrogen-bond acceptors (Lipinski definition) is 5. The average Bonchev–Trinajstić information content (AvgIpc) is 3.42. The molecule has 2 heterocycles. The highest BCUT2D eigenvalue weighted by molar-refractivity contribution is 7.12. The number of carbonyl (C=O) groups excluding carboxylic acids is 2. The van der Waals surface area contributed by atoms with Crippen molar-refractivity contribution < 1.29 is 19.1 Å². The minimum atomic E-state index is -0.330. The predicted octanol–water partition coefficient (Wildman–Crippen LogP) is 3.78. The Kier molecular flexibility index (Phi) is 7.37. The molecule has 2 atom stereocenters. The van der Waals surface area contributed by atoms with Gasteiger partial charge in [-0.2, -0.15) is 0 Å². The van der Waals surface area contributed by atoms with Gasteiger partial charge >= 0.3 is 0 Å². The van der Waals surface area contributed by atoms with Crippen molar-refractivity contribution in [3.05, 3.63) is 46.2 Å². The van der Waals surface area contributed by atoms with Crippen LogP contribution in [0.3, 0.4) is 0 Å². The largest absolute Gasteiger partial charge is 0.497 e. The molecular formula is C23H30N2O4S. The number of nitrogens with zero attached hydrogens (tertiary/aromatic N) is 1. The maximum atomic E-state index is 13.1. The highest BCUT2D eigenvalue weighted by Crippen LogP contribution is 2.40. The number of carbonyl (C=O) groups is 2. The highest BCUT2D eigenvalue weighted by Gasteiger charge is 2.41. The highest BCUT2D eigenvalue weighted by atomic mass is 32.1. The van der Waals surface area contributed by atoms with Crippen molar-refractivity contribution in [1.82, 2.24) is 10.2 Å². The Morgan fingerprint density at radius 3 is 2.63 bits per heavy atom. The second-order valence-electron chi connectivity index (χ2n) is 7.98. The van der Waals surface area contributed by atoms with E-state index in [2.05, 4.69) is 19.2 Å². The molecule has 1 aromatic carbocycles. The summed E-state index contributed by atoms with van der Waals surface area (Å²) in [6.07, 6.45) is 0.923. The van der Waals surface area contributed by atoms with Crippen molar-refractivity contribution in [2.75, 3.05) is 33.9 Å². The molecule has 2 amide bonds. The topological polar surface area (TPSA) is 67.9 Å². The maximum absolute atomic E-state index is 13.1. The van der Waals surface area contributed by atoms with Gasteiger partial charge in [-0.1, -0.05) is 26.0 Å². The summed E-state index contributed by atoms with van der Waals surface area (Å²) in [4.78, 5) is 28.5. The van der Waals surface area contributed by atoms with Crippen molar-refractivity contribution >= 4 is 23.2 Å². The van der Waals surface area contributed by atoms with E-state index in [0.717, 1.165) is 12.0 Å². The lowest BCUT2D eigenvalue weighted by atomic mass is 9.87.